The average Bonchev–Trinajstić information content (AvgIpc) is 2.47. The third-order valence-corrected chi connectivity index (χ3v) is 4.37. The second kappa shape index (κ2) is 9.45. The molecule has 0 radical (unpaired) electrons. The highest BCUT2D eigenvalue weighted by Gasteiger charge is 2.23. The molecule has 0 saturated carbocycles. The van der Waals surface area contributed by atoms with Crippen molar-refractivity contribution in [3.63, 3.8) is 0 Å². The van der Waals surface area contributed by atoms with E-state index in [0.29, 0.717) is 6.42 Å². The lowest BCUT2D eigenvalue weighted by molar-refractivity contribution is -0.141. The molecular weight excluding hydrogens is 286 g/mol. The van der Waals surface area contributed by atoms with E-state index in [1.807, 2.05) is 37.3 Å². The van der Waals surface area contributed by atoms with E-state index in [2.05, 4.69) is 12.2 Å². The van der Waals surface area contributed by atoms with Gasteiger partial charge in [-0.2, -0.15) is 0 Å². The minimum Gasteiger partial charge on any atom is -0.480 e. The SMILES string of the molecule is CCCCSC(C)C(=O)N[C@@H](Cc1ccccc1)C(=O)O. The van der Waals surface area contributed by atoms with Crippen molar-refractivity contribution in [2.75, 3.05) is 5.75 Å². The van der Waals surface area contributed by atoms with Gasteiger partial charge in [0.1, 0.15) is 6.04 Å². The van der Waals surface area contributed by atoms with Gasteiger partial charge in [0.25, 0.3) is 0 Å². The smallest absolute Gasteiger partial charge is 0.326 e. The van der Waals surface area contributed by atoms with Gasteiger partial charge in [0.05, 0.1) is 5.25 Å². The Hall–Kier alpha value is -1.49. The van der Waals surface area contributed by atoms with Crippen LogP contribution in [0.1, 0.15) is 32.3 Å². The maximum Gasteiger partial charge on any atom is 0.326 e. The summed E-state index contributed by atoms with van der Waals surface area (Å²) in [6.07, 6.45) is 2.45. The Kier molecular flexibility index (Phi) is 7.90. The lowest BCUT2D eigenvalue weighted by Crippen LogP contribution is -2.45. The van der Waals surface area contributed by atoms with Crippen molar-refractivity contribution in [1.82, 2.24) is 5.32 Å². The number of carboxylic acids is 1. The first-order valence-corrected chi connectivity index (χ1v) is 8.28. The summed E-state index contributed by atoms with van der Waals surface area (Å²) in [5.41, 5.74) is 0.900. The van der Waals surface area contributed by atoms with E-state index in [-0.39, 0.29) is 11.2 Å². The molecule has 4 nitrogen and oxygen atoms in total. The van der Waals surface area contributed by atoms with Crippen molar-refractivity contribution in [3.05, 3.63) is 35.9 Å². The number of unbranched alkanes of at least 4 members (excludes halogenated alkanes) is 1. The third-order valence-electron chi connectivity index (χ3n) is 3.13. The molecule has 2 N–H and O–H groups in total. The molecule has 0 fully saturated rings. The van der Waals surface area contributed by atoms with Gasteiger partial charge in [-0.1, -0.05) is 43.7 Å². The van der Waals surface area contributed by atoms with Crippen LogP contribution >= 0.6 is 11.8 Å². The summed E-state index contributed by atoms with van der Waals surface area (Å²) in [7, 11) is 0. The van der Waals surface area contributed by atoms with Gasteiger partial charge >= 0.3 is 5.97 Å². The van der Waals surface area contributed by atoms with E-state index < -0.39 is 12.0 Å². The number of amides is 1. The first-order valence-electron chi connectivity index (χ1n) is 7.23. The minimum absolute atomic E-state index is 0.209. The first-order chi connectivity index (χ1) is 10.0. The summed E-state index contributed by atoms with van der Waals surface area (Å²) in [5, 5.41) is 11.7. The third kappa shape index (κ3) is 6.67. The second-order valence-corrected chi connectivity index (χ2v) is 6.40. The summed E-state index contributed by atoms with van der Waals surface area (Å²) in [5.74, 6) is -0.293. The molecule has 2 atom stereocenters. The molecule has 0 saturated heterocycles. The van der Waals surface area contributed by atoms with Crippen LogP contribution in [-0.2, 0) is 16.0 Å². The first kappa shape index (κ1) is 17.6. The summed E-state index contributed by atoms with van der Waals surface area (Å²) in [4.78, 5) is 23.3. The van der Waals surface area contributed by atoms with Crippen LogP contribution < -0.4 is 5.32 Å². The van der Waals surface area contributed by atoms with Gasteiger partial charge in [-0.3, -0.25) is 4.79 Å². The average molecular weight is 309 g/mol. The van der Waals surface area contributed by atoms with Gasteiger partial charge in [-0.05, 0) is 24.7 Å². The fourth-order valence-corrected chi connectivity index (χ4v) is 2.85. The quantitative estimate of drug-likeness (QED) is 0.688. The summed E-state index contributed by atoms with van der Waals surface area (Å²) in [6, 6.07) is 8.44. The van der Waals surface area contributed by atoms with Crippen LogP contribution in [0, 0.1) is 0 Å². The molecule has 21 heavy (non-hydrogen) atoms. The number of rotatable bonds is 9. The molecule has 1 aromatic rings. The molecule has 0 spiro atoms. The molecule has 0 aliphatic heterocycles. The van der Waals surface area contributed by atoms with Crippen molar-refractivity contribution in [2.45, 2.75) is 44.4 Å². The predicted molar refractivity (Wildman–Crippen MR) is 86.5 cm³/mol. The largest absolute Gasteiger partial charge is 0.480 e. The highest BCUT2D eigenvalue weighted by Crippen LogP contribution is 2.13. The Morgan fingerprint density at radius 2 is 1.95 bits per heavy atom. The van der Waals surface area contributed by atoms with Gasteiger partial charge < -0.3 is 10.4 Å². The van der Waals surface area contributed by atoms with Gasteiger partial charge in [-0.25, -0.2) is 4.79 Å². The molecule has 116 valence electrons. The summed E-state index contributed by atoms with van der Waals surface area (Å²) >= 11 is 1.56. The molecular formula is C16H23NO3S. The van der Waals surface area contributed by atoms with Gasteiger partial charge in [0.2, 0.25) is 5.91 Å². The Morgan fingerprint density at radius 3 is 2.52 bits per heavy atom. The number of carbonyl (C=O) groups is 2. The van der Waals surface area contributed by atoms with E-state index in [0.717, 1.165) is 24.2 Å². The number of nitrogens with one attached hydrogen (secondary N) is 1. The Morgan fingerprint density at radius 1 is 1.29 bits per heavy atom. The number of hydrogen-bond acceptors (Lipinski definition) is 3. The molecule has 0 aliphatic rings. The molecule has 0 aliphatic carbocycles. The van der Waals surface area contributed by atoms with E-state index in [1.54, 1.807) is 11.8 Å². The van der Waals surface area contributed by atoms with E-state index in [9.17, 15) is 14.7 Å². The molecule has 1 aromatic carbocycles. The van der Waals surface area contributed by atoms with Crippen molar-refractivity contribution in [3.8, 4) is 0 Å². The summed E-state index contributed by atoms with van der Waals surface area (Å²) < 4.78 is 0. The Labute approximate surface area is 130 Å². The second-order valence-electron chi connectivity index (χ2n) is 4.96. The maximum atomic E-state index is 12.0. The fraction of sp³-hybridized carbons (Fsp3) is 0.500. The number of carbonyl (C=O) groups excluding carboxylic acids is 1. The number of thioether (sulfide) groups is 1. The molecule has 0 heterocycles. The molecule has 5 heteroatoms. The zero-order chi connectivity index (χ0) is 15.7. The summed E-state index contributed by atoms with van der Waals surface area (Å²) in [6.45, 7) is 3.92. The van der Waals surface area contributed by atoms with Crippen LogP contribution in [0.15, 0.2) is 30.3 Å². The van der Waals surface area contributed by atoms with Gasteiger partial charge in [0, 0.05) is 6.42 Å². The van der Waals surface area contributed by atoms with Crippen molar-refractivity contribution >= 4 is 23.6 Å². The topological polar surface area (TPSA) is 66.4 Å². The van der Waals surface area contributed by atoms with Crippen LogP contribution in [0.2, 0.25) is 0 Å². The number of benzene rings is 1. The zero-order valence-corrected chi connectivity index (χ0v) is 13.4. The molecule has 1 unspecified atom stereocenters. The molecule has 0 bridgehead atoms. The Balaban J connectivity index is 2.54. The number of hydrogen-bond donors (Lipinski definition) is 2. The van der Waals surface area contributed by atoms with Gasteiger partial charge in [0.15, 0.2) is 0 Å². The number of aliphatic carboxylic acids is 1. The van der Waals surface area contributed by atoms with E-state index in [1.165, 1.54) is 0 Å². The van der Waals surface area contributed by atoms with Crippen molar-refractivity contribution < 1.29 is 14.7 Å². The highest BCUT2D eigenvalue weighted by atomic mass is 32.2. The lowest BCUT2D eigenvalue weighted by atomic mass is 10.1. The molecule has 1 rings (SSSR count). The van der Waals surface area contributed by atoms with E-state index in [4.69, 9.17) is 0 Å². The van der Waals surface area contributed by atoms with Crippen LogP contribution in [0.4, 0.5) is 0 Å². The van der Waals surface area contributed by atoms with Crippen molar-refractivity contribution in [2.24, 2.45) is 0 Å². The lowest BCUT2D eigenvalue weighted by Gasteiger charge is -2.17. The fourth-order valence-electron chi connectivity index (χ4n) is 1.82. The van der Waals surface area contributed by atoms with Crippen LogP contribution in [0.25, 0.3) is 0 Å². The van der Waals surface area contributed by atoms with E-state index >= 15 is 0 Å². The van der Waals surface area contributed by atoms with Crippen molar-refractivity contribution in [1.29, 1.82) is 0 Å². The standard InChI is InChI=1S/C16H23NO3S/c1-3-4-10-21-12(2)15(18)17-14(16(19)20)11-13-8-6-5-7-9-13/h5-9,12,14H,3-4,10-11H2,1-2H3,(H,17,18)(H,19,20)/t12?,14-/m0/s1. The Bertz CT molecular complexity index is 450. The van der Waals surface area contributed by atoms with Crippen LogP contribution in [0.5, 0.6) is 0 Å². The predicted octanol–water partition coefficient (Wildman–Crippen LogP) is 2.72. The zero-order valence-electron chi connectivity index (χ0n) is 12.5. The van der Waals surface area contributed by atoms with Crippen LogP contribution in [0.3, 0.4) is 0 Å². The monoisotopic (exact) mass is 309 g/mol. The minimum atomic E-state index is -1.00. The molecule has 0 aromatic heterocycles. The number of carboxylic acid groups (broad SMARTS) is 1. The maximum absolute atomic E-state index is 12.0. The van der Waals surface area contributed by atoms with Crippen LogP contribution in [-0.4, -0.2) is 34.0 Å². The normalized spacial score (nSPS) is 13.4. The highest BCUT2D eigenvalue weighted by molar-refractivity contribution is 8.00. The van der Waals surface area contributed by atoms with Gasteiger partial charge in [-0.15, -0.1) is 11.8 Å². The molecule has 1 amide bonds.